The van der Waals surface area contributed by atoms with Crippen molar-refractivity contribution in [3.63, 3.8) is 0 Å². The number of para-hydroxylation sites is 1. The van der Waals surface area contributed by atoms with Gasteiger partial charge >= 0.3 is 0 Å². The third kappa shape index (κ3) is 6.29. The lowest BCUT2D eigenvalue weighted by atomic mass is 10.2. The van der Waals surface area contributed by atoms with Crippen molar-refractivity contribution in [2.24, 2.45) is 0 Å². The van der Waals surface area contributed by atoms with Crippen molar-refractivity contribution >= 4 is 34.4 Å². The minimum atomic E-state index is 0.672. The van der Waals surface area contributed by atoms with Crippen molar-refractivity contribution in [1.29, 1.82) is 0 Å². The maximum atomic E-state index is 5.38. The van der Waals surface area contributed by atoms with Crippen LogP contribution in [0.1, 0.15) is 6.42 Å². The lowest BCUT2D eigenvalue weighted by Gasteiger charge is -2.23. The zero-order chi connectivity index (χ0) is 18.0. The van der Waals surface area contributed by atoms with Gasteiger partial charge in [-0.1, -0.05) is 18.2 Å². The van der Waals surface area contributed by atoms with Gasteiger partial charge in [0.15, 0.2) is 5.11 Å². The zero-order valence-electron chi connectivity index (χ0n) is 15.0. The maximum Gasteiger partial charge on any atom is 0.170 e. The van der Waals surface area contributed by atoms with E-state index in [1.165, 1.54) is 6.54 Å². The second-order valence-electron chi connectivity index (χ2n) is 6.42. The van der Waals surface area contributed by atoms with Crippen LogP contribution >= 0.6 is 12.2 Å². The Labute approximate surface area is 160 Å². The molecule has 3 rings (SSSR count). The predicted octanol–water partition coefficient (Wildman–Crippen LogP) is 2.02. The van der Waals surface area contributed by atoms with Crippen LogP contribution in [0, 0.1) is 0 Å². The molecule has 6 heteroatoms. The van der Waals surface area contributed by atoms with Crippen LogP contribution in [-0.2, 0) is 4.74 Å². The molecule has 1 heterocycles. The Bertz CT molecular complexity index is 672. The molecule has 2 aromatic carbocycles. The lowest BCUT2D eigenvalue weighted by molar-refractivity contribution is -0.908. The molecule has 1 aliphatic rings. The fourth-order valence-electron chi connectivity index (χ4n) is 2.95. The molecule has 0 aromatic heterocycles. The quantitative estimate of drug-likeness (QED) is 0.443. The van der Waals surface area contributed by atoms with Gasteiger partial charge in [0, 0.05) is 30.0 Å². The monoisotopic (exact) mass is 371 g/mol. The van der Waals surface area contributed by atoms with Crippen molar-refractivity contribution in [2.45, 2.75) is 6.42 Å². The summed E-state index contributed by atoms with van der Waals surface area (Å²) in [6, 6.07) is 18.3. The van der Waals surface area contributed by atoms with Crippen LogP contribution in [0.3, 0.4) is 0 Å². The second-order valence-corrected chi connectivity index (χ2v) is 6.82. The van der Waals surface area contributed by atoms with Crippen LogP contribution in [0.25, 0.3) is 0 Å². The Balaban J connectivity index is 1.36. The SMILES string of the molecule is S=C(NCCC[NH+]1CCOCC1)Nc1ccc(Nc2ccccc2)cc1. The van der Waals surface area contributed by atoms with Crippen molar-refractivity contribution in [1.82, 2.24) is 5.32 Å². The Hall–Kier alpha value is -2.15. The highest BCUT2D eigenvalue weighted by atomic mass is 32.1. The smallest absolute Gasteiger partial charge is 0.170 e. The Kier molecular flexibility index (Phi) is 7.25. The van der Waals surface area contributed by atoms with Crippen LogP contribution in [0.5, 0.6) is 0 Å². The Morgan fingerprint density at radius 2 is 1.58 bits per heavy atom. The number of morpholine rings is 1. The lowest BCUT2D eigenvalue weighted by Crippen LogP contribution is -3.14. The summed E-state index contributed by atoms with van der Waals surface area (Å²) in [4.78, 5) is 1.62. The molecule has 2 aromatic rings. The second kappa shape index (κ2) is 10.1. The first-order valence-corrected chi connectivity index (χ1v) is 9.59. The summed E-state index contributed by atoms with van der Waals surface area (Å²) in [5.74, 6) is 0. The standard InChI is InChI=1S/C20H26N4OS/c26-20(21-11-4-12-24-13-15-25-16-14-24)23-19-9-7-18(8-10-19)22-17-5-2-1-3-6-17/h1-3,5-10,22H,4,11-16H2,(H2,21,23,26)/p+1. The third-order valence-electron chi connectivity index (χ3n) is 4.40. The number of anilines is 3. The molecule has 1 aliphatic heterocycles. The van der Waals surface area contributed by atoms with Gasteiger partial charge < -0.3 is 25.6 Å². The topological polar surface area (TPSA) is 49.8 Å². The molecule has 0 radical (unpaired) electrons. The highest BCUT2D eigenvalue weighted by molar-refractivity contribution is 7.80. The summed E-state index contributed by atoms with van der Waals surface area (Å²) in [7, 11) is 0. The average Bonchev–Trinajstić information content (AvgIpc) is 2.68. The number of quaternary nitrogens is 1. The molecule has 0 spiro atoms. The van der Waals surface area contributed by atoms with E-state index in [-0.39, 0.29) is 0 Å². The summed E-state index contributed by atoms with van der Waals surface area (Å²) in [5.41, 5.74) is 3.11. The van der Waals surface area contributed by atoms with E-state index in [0.29, 0.717) is 5.11 Å². The van der Waals surface area contributed by atoms with E-state index in [1.54, 1.807) is 4.90 Å². The van der Waals surface area contributed by atoms with Gasteiger partial charge in [-0.3, -0.25) is 0 Å². The maximum absolute atomic E-state index is 5.38. The van der Waals surface area contributed by atoms with E-state index in [1.807, 2.05) is 54.6 Å². The number of ether oxygens (including phenoxy) is 1. The molecule has 0 atom stereocenters. The van der Waals surface area contributed by atoms with E-state index in [4.69, 9.17) is 17.0 Å². The highest BCUT2D eigenvalue weighted by Gasteiger charge is 2.12. The van der Waals surface area contributed by atoms with Gasteiger partial charge in [-0.15, -0.1) is 0 Å². The van der Waals surface area contributed by atoms with E-state index in [9.17, 15) is 0 Å². The van der Waals surface area contributed by atoms with Gasteiger partial charge in [0.1, 0.15) is 13.1 Å². The minimum Gasteiger partial charge on any atom is -0.370 e. The van der Waals surface area contributed by atoms with Crippen molar-refractivity contribution in [3.8, 4) is 0 Å². The number of rotatable bonds is 7. The first kappa shape index (κ1) is 18.6. The summed E-state index contributed by atoms with van der Waals surface area (Å²) < 4.78 is 5.38. The van der Waals surface area contributed by atoms with Gasteiger partial charge in [0.2, 0.25) is 0 Å². The highest BCUT2D eigenvalue weighted by Crippen LogP contribution is 2.18. The average molecular weight is 372 g/mol. The molecule has 26 heavy (non-hydrogen) atoms. The van der Waals surface area contributed by atoms with Crippen LogP contribution in [0.2, 0.25) is 0 Å². The molecule has 138 valence electrons. The van der Waals surface area contributed by atoms with E-state index in [2.05, 4.69) is 16.0 Å². The normalized spacial score (nSPS) is 14.6. The number of benzene rings is 2. The summed E-state index contributed by atoms with van der Waals surface area (Å²) in [6.07, 6.45) is 1.11. The fraction of sp³-hybridized carbons (Fsp3) is 0.350. The predicted molar refractivity (Wildman–Crippen MR) is 111 cm³/mol. The van der Waals surface area contributed by atoms with E-state index in [0.717, 1.165) is 56.3 Å². The molecule has 0 saturated carbocycles. The van der Waals surface area contributed by atoms with Gasteiger partial charge in [0.25, 0.3) is 0 Å². The van der Waals surface area contributed by atoms with E-state index < -0.39 is 0 Å². The Morgan fingerprint density at radius 1 is 0.923 bits per heavy atom. The molecular formula is C20H27N4OS+. The number of hydrogen-bond donors (Lipinski definition) is 4. The molecule has 0 bridgehead atoms. The van der Waals surface area contributed by atoms with Gasteiger partial charge in [-0.25, -0.2) is 0 Å². The zero-order valence-corrected chi connectivity index (χ0v) is 15.8. The number of nitrogens with one attached hydrogen (secondary N) is 4. The minimum absolute atomic E-state index is 0.672. The van der Waals surface area contributed by atoms with Crippen molar-refractivity contribution < 1.29 is 9.64 Å². The van der Waals surface area contributed by atoms with Crippen LogP contribution in [-0.4, -0.2) is 44.5 Å². The summed E-state index contributed by atoms with van der Waals surface area (Å²) >= 11 is 5.38. The van der Waals surface area contributed by atoms with Gasteiger partial charge in [-0.05, 0) is 48.6 Å². The number of hydrogen-bond acceptors (Lipinski definition) is 3. The fourth-order valence-corrected chi connectivity index (χ4v) is 3.17. The first-order chi connectivity index (χ1) is 12.8. The molecule has 0 aliphatic carbocycles. The van der Waals surface area contributed by atoms with Crippen molar-refractivity contribution in [2.75, 3.05) is 50.0 Å². The molecule has 0 amide bonds. The van der Waals surface area contributed by atoms with Crippen LogP contribution in [0.15, 0.2) is 54.6 Å². The Morgan fingerprint density at radius 3 is 2.31 bits per heavy atom. The molecule has 0 unspecified atom stereocenters. The van der Waals surface area contributed by atoms with Crippen LogP contribution < -0.4 is 20.9 Å². The molecular weight excluding hydrogens is 344 g/mol. The van der Waals surface area contributed by atoms with Crippen LogP contribution in [0.4, 0.5) is 17.1 Å². The number of thiocarbonyl (C=S) groups is 1. The van der Waals surface area contributed by atoms with Crippen molar-refractivity contribution in [3.05, 3.63) is 54.6 Å². The first-order valence-electron chi connectivity index (χ1n) is 9.18. The largest absolute Gasteiger partial charge is 0.370 e. The van der Waals surface area contributed by atoms with Gasteiger partial charge in [0.05, 0.1) is 19.8 Å². The van der Waals surface area contributed by atoms with Gasteiger partial charge in [-0.2, -0.15) is 0 Å². The third-order valence-corrected chi connectivity index (χ3v) is 4.64. The molecule has 5 nitrogen and oxygen atoms in total. The summed E-state index contributed by atoms with van der Waals surface area (Å²) in [5, 5.41) is 10.6. The molecule has 4 N–H and O–H groups in total. The van der Waals surface area contributed by atoms with E-state index >= 15 is 0 Å². The molecule has 1 fully saturated rings. The molecule has 1 saturated heterocycles. The summed E-state index contributed by atoms with van der Waals surface area (Å²) in [6.45, 7) is 6.07.